The van der Waals surface area contributed by atoms with E-state index in [1.165, 1.54) is 12.8 Å². The number of aryl methyl sites for hydroxylation is 1. The van der Waals surface area contributed by atoms with Crippen molar-refractivity contribution < 1.29 is 14.6 Å². The van der Waals surface area contributed by atoms with Gasteiger partial charge in [-0.1, -0.05) is 19.9 Å². The number of benzene rings is 1. The molecule has 0 bridgehead atoms. The van der Waals surface area contributed by atoms with E-state index < -0.39 is 5.60 Å². The van der Waals surface area contributed by atoms with E-state index in [1.807, 2.05) is 43.1 Å². The van der Waals surface area contributed by atoms with Gasteiger partial charge in [0.2, 0.25) is 0 Å². The van der Waals surface area contributed by atoms with Crippen molar-refractivity contribution in [2.45, 2.75) is 90.8 Å². The first-order valence-corrected chi connectivity index (χ1v) is 14.6. The van der Waals surface area contributed by atoms with Crippen LogP contribution in [-0.4, -0.2) is 40.6 Å². The van der Waals surface area contributed by atoms with E-state index in [-0.39, 0.29) is 11.8 Å². The number of unbranched alkanes of at least 4 members (excludes halogenated alkanes) is 1. The first-order chi connectivity index (χ1) is 18.9. The molecule has 2 heterocycles. The number of aromatic nitrogens is 2. The Labute approximate surface area is 239 Å². The van der Waals surface area contributed by atoms with Crippen molar-refractivity contribution in [2.24, 2.45) is 11.7 Å². The van der Waals surface area contributed by atoms with Crippen LogP contribution in [0.5, 0.6) is 5.75 Å². The molecule has 2 aromatic heterocycles. The zero-order valence-electron chi connectivity index (χ0n) is 25.1. The Morgan fingerprint density at radius 2 is 2.00 bits per heavy atom. The van der Waals surface area contributed by atoms with Gasteiger partial charge >= 0.3 is 0 Å². The number of hydrogen-bond acceptors (Lipinski definition) is 6. The minimum absolute atomic E-state index is 0.123. The van der Waals surface area contributed by atoms with Crippen molar-refractivity contribution in [3.8, 4) is 5.75 Å². The summed E-state index contributed by atoms with van der Waals surface area (Å²) in [6.45, 7) is 13.0. The molecule has 1 fully saturated rings. The van der Waals surface area contributed by atoms with Gasteiger partial charge in [-0.15, -0.1) is 0 Å². The third kappa shape index (κ3) is 6.58. The monoisotopic (exact) mass is 546 g/mol. The Balaban J connectivity index is 1.62. The maximum absolute atomic E-state index is 13.0. The molecule has 0 amide bonds. The summed E-state index contributed by atoms with van der Waals surface area (Å²) in [5.41, 5.74) is 10.8. The van der Waals surface area contributed by atoms with E-state index in [9.17, 15) is 9.90 Å². The van der Waals surface area contributed by atoms with Gasteiger partial charge in [-0.2, -0.15) is 0 Å². The van der Waals surface area contributed by atoms with E-state index in [4.69, 9.17) is 15.5 Å². The highest BCUT2D eigenvalue weighted by Gasteiger charge is 2.28. The molecule has 1 atom stereocenters. The van der Waals surface area contributed by atoms with E-state index in [2.05, 4.69) is 24.1 Å². The van der Waals surface area contributed by atoms with Crippen molar-refractivity contribution in [1.82, 2.24) is 9.55 Å². The number of carbonyl (C=O) groups is 1. The quantitative estimate of drug-likeness (QED) is 0.175. The van der Waals surface area contributed by atoms with Gasteiger partial charge in [0.1, 0.15) is 17.0 Å². The van der Waals surface area contributed by atoms with Crippen molar-refractivity contribution in [3.63, 3.8) is 0 Å². The Bertz CT molecular complexity index is 1380. The molecule has 0 spiro atoms. The highest BCUT2D eigenvalue weighted by molar-refractivity contribution is 5.98. The molecule has 1 saturated carbocycles. The molecule has 7 heteroatoms. The Kier molecular flexibility index (Phi) is 9.06. The van der Waals surface area contributed by atoms with Gasteiger partial charge in [0, 0.05) is 37.0 Å². The summed E-state index contributed by atoms with van der Waals surface area (Å²) in [5.74, 6) is 1.39. The normalized spacial score (nSPS) is 14.4. The minimum atomic E-state index is -1.02. The van der Waals surface area contributed by atoms with Crippen LogP contribution in [0.15, 0.2) is 36.9 Å². The maximum atomic E-state index is 13.0. The summed E-state index contributed by atoms with van der Waals surface area (Å²) >= 11 is 0. The summed E-state index contributed by atoms with van der Waals surface area (Å²) < 4.78 is 8.06. The van der Waals surface area contributed by atoms with Crippen LogP contribution >= 0.6 is 0 Å². The van der Waals surface area contributed by atoms with Crippen molar-refractivity contribution in [2.75, 3.05) is 19.1 Å². The number of hydrogen-bond donors (Lipinski definition) is 2. The highest BCUT2D eigenvalue weighted by atomic mass is 16.5. The summed E-state index contributed by atoms with van der Waals surface area (Å²) in [7, 11) is 3.63. The molecule has 3 N–H and O–H groups in total. The number of aliphatic hydroxyl groups is 1. The molecule has 7 nitrogen and oxygen atoms in total. The molecule has 1 unspecified atom stereocenters. The first kappa shape index (κ1) is 29.8. The Morgan fingerprint density at radius 3 is 2.62 bits per heavy atom. The van der Waals surface area contributed by atoms with Crippen LogP contribution in [0.1, 0.15) is 93.0 Å². The molecular weight excluding hydrogens is 500 g/mol. The van der Waals surface area contributed by atoms with E-state index in [0.29, 0.717) is 29.3 Å². The van der Waals surface area contributed by atoms with Gasteiger partial charge in [-0.25, -0.2) is 4.98 Å². The van der Waals surface area contributed by atoms with Crippen LogP contribution in [-0.2, 0) is 12.1 Å². The molecule has 1 aromatic carbocycles. The molecule has 216 valence electrons. The highest BCUT2D eigenvalue weighted by Crippen LogP contribution is 2.39. The molecule has 40 heavy (non-hydrogen) atoms. The van der Waals surface area contributed by atoms with Crippen molar-refractivity contribution in [3.05, 3.63) is 59.4 Å². The number of methoxy groups -OCH3 is 1. The lowest BCUT2D eigenvalue weighted by atomic mass is 9.99. The number of pyridine rings is 1. The van der Waals surface area contributed by atoms with E-state index in [1.54, 1.807) is 21.0 Å². The number of ether oxygens (including phenoxy) is 1. The second-order valence-corrected chi connectivity index (χ2v) is 11.9. The lowest BCUT2D eigenvalue weighted by molar-refractivity contribution is 0.0741. The van der Waals surface area contributed by atoms with Crippen LogP contribution in [0.3, 0.4) is 0 Å². The fourth-order valence-electron chi connectivity index (χ4n) is 5.29. The topological polar surface area (TPSA) is 93.6 Å². The molecule has 0 aliphatic heterocycles. The number of nitrogens with zero attached hydrogens (tertiary/aromatic N) is 3. The van der Waals surface area contributed by atoms with E-state index >= 15 is 0 Å². The fourth-order valence-corrected chi connectivity index (χ4v) is 5.29. The predicted molar refractivity (Wildman–Crippen MR) is 164 cm³/mol. The van der Waals surface area contributed by atoms with Gasteiger partial charge < -0.3 is 25.0 Å². The average Bonchev–Trinajstić information content (AvgIpc) is 3.68. The number of anilines is 1. The lowest BCUT2D eigenvalue weighted by Crippen LogP contribution is -2.20. The van der Waals surface area contributed by atoms with Crippen LogP contribution in [0, 0.1) is 12.8 Å². The van der Waals surface area contributed by atoms with Gasteiger partial charge in [0.15, 0.2) is 5.78 Å². The smallest absolute Gasteiger partial charge is 0.163 e. The molecule has 1 aliphatic rings. The number of fused-ring (bicyclic) bond motifs is 1. The number of rotatable bonds is 14. The van der Waals surface area contributed by atoms with Crippen LogP contribution in [0.4, 0.5) is 5.69 Å². The number of nitrogens with two attached hydrogens (primary N) is 1. The summed E-state index contributed by atoms with van der Waals surface area (Å²) in [6.07, 6.45) is 6.62. The first-order valence-electron chi connectivity index (χ1n) is 14.6. The summed E-state index contributed by atoms with van der Waals surface area (Å²) in [6, 6.07) is 10.1. The van der Waals surface area contributed by atoms with E-state index in [0.717, 1.165) is 65.9 Å². The third-order valence-electron chi connectivity index (χ3n) is 8.11. The summed E-state index contributed by atoms with van der Waals surface area (Å²) in [4.78, 5) is 19.9. The number of Topliss-reactive ketones (excluding diaryl/α,β-unsaturated/α-hetero) is 1. The van der Waals surface area contributed by atoms with Gasteiger partial charge in [-0.3, -0.25) is 4.79 Å². The van der Waals surface area contributed by atoms with Crippen LogP contribution < -0.4 is 15.4 Å². The second-order valence-electron chi connectivity index (χ2n) is 11.9. The fraction of sp³-hybridized carbons (Fsp3) is 0.515. The lowest BCUT2D eigenvalue weighted by Gasteiger charge is -2.27. The zero-order chi connectivity index (χ0) is 29.2. The van der Waals surface area contributed by atoms with Crippen LogP contribution in [0.2, 0.25) is 0 Å². The predicted octanol–water partition coefficient (Wildman–Crippen LogP) is 6.58. The number of carbonyl (C=O) groups excluding carboxylic acids is 1. The standard InChI is InChI=1S/C33H46N4O3/c1-8-26(34)11-9-10-12-28(38)25-17-21(2)31(29(19-25)40-7)36(6)22(3)27-18-24-15-16-30(33(4,5)39)35-32(24)37(27)20-23-13-14-23/h15-19,23,26,39H,3,8-14,20,34H2,1-2,4-7H3. The Morgan fingerprint density at radius 1 is 1.27 bits per heavy atom. The van der Waals surface area contributed by atoms with Gasteiger partial charge in [0.25, 0.3) is 0 Å². The third-order valence-corrected chi connectivity index (χ3v) is 8.11. The molecule has 0 saturated heterocycles. The van der Waals surface area contributed by atoms with Gasteiger partial charge in [-0.05, 0) is 94.7 Å². The Hall–Kier alpha value is -3.16. The van der Waals surface area contributed by atoms with Crippen molar-refractivity contribution in [1.29, 1.82) is 0 Å². The molecule has 4 rings (SSSR count). The molecule has 3 aromatic rings. The number of ketones is 1. The van der Waals surface area contributed by atoms with Crippen LogP contribution in [0.25, 0.3) is 16.7 Å². The largest absolute Gasteiger partial charge is 0.495 e. The average molecular weight is 547 g/mol. The van der Waals surface area contributed by atoms with Crippen molar-refractivity contribution >= 4 is 28.2 Å². The minimum Gasteiger partial charge on any atom is -0.495 e. The molecule has 1 aliphatic carbocycles. The molecule has 0 radical (unpaired) electrons. The molecular formula is C33H46N4O3. The van der Waals surface area contributed by atoms with Gasteiger partial charge in [0.05, 0.1) is 29.9 Å². The second kappa shape index (κ2) is 12.1. The zero-order valence-corrected chi connectivity index (χ0v) is 25.1. The maximum Gasteiger partial charge on any atom is 0.163 e. The SMILES string of the molecule is C=C(c1cc2ccc(C(C)(C)O)nc2n1CC1CC1)N(C)c1c(C)cc(C(=O)CCCCC(N)CC)cc1OC. The summed E-state index contributed by atoms with van der Waals surface area (Å²) in [5, 5.41) is 11.6.